The second-order valence-electron chi connectivity index (χ2n) is 9.53. The fourth-order valence-electron chi connectivity index (χ4n) is 6.18. The van der Waals surface area contributed by atoms with Gasteiger partial charge in [-0.2, -0.15) is 0 Å². The van der Waals surface area contributed by atoms with Crippen molar-refractivity contribution in [3.8, 4) is 0 Å². The van der Waals surface area contributed by atoms with E-state index in [4.69, 9.17) is 23.2 Å². The van der Waals surface area contributed by atoms with Crippen molar-refractivity contribution in [3.05, 3.63) is 69.7 Å². The van der Waals surface area contributed by atoms with E-state index in [9.17, 15) is 19.2 Å². The molecule has 7 rings (SSSR count). The summed E-state index contributed by atoms with van der Waals surface area (Å²) < 4.78 is 0. The zero-order chi connectivity index (χ0) is 24.0. The number of halogens is 2. The van der Waals surface area contributed by atoms with E-state index in [1.165, 1.54) is 9.80 Å². The summed E-state index contributed by atoms with van der Waals surface area (Å²) in [4.78, 5) is 56.6. The minimum absolute atomic E-state index is 0.343. The third-order valence-corrected chi connectivity index (χ3v) is 8.65. The first kappa shape index (κ1) is 21.6. The van der Waals surface area contributed by atoms with Gasteiger partial charge >= 0.3 is 0 Å². The van der Waals surface area contributed by atoms with E-state index in [1.807, 2.05) is 26.0 Å². The first-order valence-electron chi connectivity index (χ1n) is 11.2. The number of carbonyl (C=O) groups is 4. The lowest BCUT2D eigenvalue weighted by Gasteiger charge is -2.44. The number of hydrogen-bond donors (Lipinski definition) is 0. The fourth-order valence-corrected chi connectivity index (χ4v) is 6.53. The zero-order valence-corrected chi connectivity index (χ0v) is 19.9. The highest BCUT2D eigenvalue weighted by molar-refractivity contribution is 6.33. The normalized spacial score (nSPS) is 31.5. The zero-order valence-electron chi connectivity index (χ0n) is 18.4. The molecule has 2 bridgehead atoms. The summed E-state index contributed by atoms with van der Waals surface area (Å²) in [6.07, 6.45) is 3.70. The molecule has 0 radical (unpaired) electrons. The average Bonchev–Trinajstić information content (AvgIpc) is 3.25. The molecule has 2 aliphatic heterocycles. The Hall–Kier alpha value is -2.96. The predicted molar refractivity (Wildman–Crippen MR) is 127 cm³/mol. The Bertz CT molecular complexity index is 1210. The van der Waals surface area contributed by atoms with Crippen molar-refractivity contribution in [3.63, 3.8) is 0 Å². The largest absolute Gasteiger partial charge is 0.274 e. The summed E-state index contributed by atoms with van der Waals surface area (Å²) in [7, 11) is 0. The standard InChI is InChI=1S/C26H20Cl2N2O4/c1-11-3-5-13(9-17(11)27)29-23(31)19-15-7-8-16(20(19)24(29)32)22-21(15)25(33)30(26(22)34)14-6-4-12(2)18(28)10-14/h3-10,15-16,19-22H,1-2H3/t15?,16?,19-,20-,21-,22-/m1/s1. The molecule has 0 unspecified atom stereocenters. The van der Waals surface area contributed by atoms with Crippen LogP contribution in [0.25, 0.3) is 0 Å². The minimum atomic E-state index is -0.679. The smallest absolute Gasteiger partial charge is 0.238 e. The molecule has 34 heavy (non-hydrogen) atoms. The van der Waals surface area contributed by atoms with Crippen molar-refractivity contribution in [1.82, 2.24) is 0 Å². The van der Waals surface area contributed by atoms with E-state index in [-0.39, 0.29) is 23.6 Å². The van der Waals surface area contributed by atoms with E-state index >= 15 is 0 Å². The van der Waals surface area contributed by atoms with E-state index < -0.39 is 35.5 Å². The second kappa shape index (κ2) is 7.27. The summed E-state index contributed by atoms with van der Waals surface area (Å²) in [5.74, 6) is -5.13. The molecule has 2 aromatic rings. The molecule has 0 aromatic heterocycles. The number of amides is 4. The van der Waals surface area contributed by atoms with E-state index in [2.05, 4.69) is 0 Å². The number of nitrogens with zero attached hydrogens (tertiary/aromatic N) is 2. The highest BCUT2D eigenvalue weighted by Gasteiger charge is 2.68. The van der Waals surface area contributed by atoms with Crippen molar-refractivity contribution in [2.45, 2.75) is 13.8 Å². The molecule has 3 aliphatic carbocycles. The summed E-state index contributed by atoms with van der Waals surface area (Å²) >= 11 is 12.5. The molecule has 2 aromatic carbocycles. The molecule has 4 amide bonds. The number of rotatable bonds is 2. The quantitative estimate of drug-likeness (QED) is 0.459. The summed E-state index contributed by atoms with van der Waals surface area (Å²) in [6, 6.07) is 10.1. The van der Waals surface area contributed by atoms with Gasteiger partial charge in [-0.3, -0.25) is 19.2 Å². The molecule has 8 heteroatoms. The molecular weight excluding hydrogens is 475 g/mol. The maximum absolute atomic E-state index is 13.5. The van der Waals surface area contributed by atoms with Crippen LogP contribution in [0.2, 0.25) is 10.0 Å². The minimum Gasteiger partial charge on any atom is -0.274 e. The van der Waals surface area contributed by atoms with Crippen LogP contribution in [0, 0.1) is 49.4 Å². The van der Waals surface area contributed by atoms with Crippen LogP contribution in [-0.2, 0) is 19.2 Å². The summed E-state index contributed by atoms with van der Waals surface area (Å²) in [6.45, 7) is 3.68. The predicted octanol–water partition coefficient (Wildman–Crippen LogP) is 4.34. The summed E-state index contributed by atoms with van der Waals surface area (Å²) in [5.41, 5.74) is 2.51. The van der Waals surface area contributed by atoms with Gasteiger partial charge in [0.1, 0.15) is 0 Å². The molecule has 2 saturated heterocycles. The Morgan fingerprint density at radius 3 is 1.21 bits per heavy atom. The maximum Gasteiger partial charge on any atom is 0.238 e. The number of allylic oxidation sites excluding steroid dienone is 2. The van der Waals surface area contributed by atoms with E-state index in [1.54, 1.807) is 36.4 Å². The monoisotopic (exact) mass is 494 g/mol. The Labute approximate surface area is 206 Å². The van der Waals surface area contributed by atoms with Crippen LogP contribution in [0.15, 0.2) is 48.6 Å². The van der Waals surface area contributed by atoms with Gasteiger partial charge in [0.2, 0.25) is 23.6 Å². The lowest BCUT2D eigenvalue weighted by molar-refractivity contribution is -0.137. The number of aryl methyl sites for hydroxylation is 2. The molecule has 5 aliphatic rings. The van der Waals surface area contributed by atoms with Gasteiger partial charge in [0.05, 0.1) is 35.0 Å². The Kier molecular flexibility index (Phi) is 4.61. The van der Waals surface area contributed by atoms with Gasteiger partial charge in [0, 0.05) is 21.9 Å². The van der Waals surface area contributed by atoms with Crippen LogP contribution < -0.4 is 9.80 Å². The number of hydrogen-bond acceptors (Lipinski definition) is 4. The molecule has 1 saturated carbocycles. The first-order chi connectivity index (χ1) is 16.2. The van der Waals surface area contributed by atoms with Crippen LogP contribution in [0.3, 0.4) is 0 Å². The molecule has 0 spiro atoms. The molecule has 3 fully saturated rings. The average molecular weight is 495 g/mol. The van der Waals surface area contributed by atoms with Gasteiger partial charge in [0.25, 0.3) is 0 Å². The van der Waals surface area contributed by atoms with Gasteiger partial charge in [-0.15, -0.1) is 0 Å². The Balaban J connectivity index is 1.39. The van der Waals surface area contributed by atoms with Gasteiger partial charge < -0.3 is 0 Å². The third kappa shape index (κ3) is 2.70. The van der Waals surface area contributed by atoms with E-state index in [0.717, 1.165) is 11.1 Å². The van der Waals surface area contributed by atoms with Crippen molar-refractivity contribution in [2.24, 2.45) is 35.5 Å². The highest BCUT2D eigenvalue weighted by Crippen LogP contribution is 2.58. The SMILES string of the molecule is Cc1ccc(N2C(=O)[C@@H]3C4C=CC([C@H]3C2=O)[C@H]2C(=O)N(c3ccc(C)c(Cl)c3)C(=O)[C@H]42)cc1Cl. The molecule has 2 heterocycles. The van der Waals surface area contributed by atoms with Crippen LogP contribution in [0.5, 0.6) is 0 Å². The molecule has 0 N–H and O–H groups in total. The maximum atomic E-state index is 13.5. The third-order valence-electron chi connectivity index (χ3n) is 7.84. The van der Waals surface area contributed by atoms with Gasteiger partial charge in [-0.05, 0) is 49.2 Å². The molecule has 6 nitrogen and oxygen atoms in total. The van der Waals surface area contributed by atoms with Gasteiger partial charge in [0.15, 0.2) is 0 Å². The van der Waals surface area contributed by atoms with Crippen LogP contribution >= 0.6 is 23.2 Å². The number of anilines is 2. The topological polar surface area (TPSA) is 74.8 Å². The lowest BCUT2D eigenvalue weighted by atomic mass is 9.54. The highest BCUT2D eigenvalue weighted by atomic mass is 35.5. The van der Waals surface area contributed by atoms with Crippen LogP contribution in [0.1, 0.15) is 11.1 Å². The van der Waals surface area contributed by atoms with Crippen molar-refractivity contribution >= 4 is 58.2 Å². The van der Waals surface area contributed by atoms with Crippen LogP contribution in [0.4, 0.5) is 11.4 Å². The van der Waals surface area contributed by atoms with Crippen LogP contribution in [-0.4, -0.2) is 23.6 Å². The van der Waals surface area contributed by atoms with Gasteiger partial charge in [-0.25, -0.2) is 9.80 Å². The number of carbonyl (C=O) groups excluding carboxylic acids is 4. The lowest BCUT2D eigenvalue weighted by Crippen LogP contribution is -2.50. The fraction of sp³-hybridized carbons (Fsp3) is 0.308. The number of imide groups is 2. The van der Waals surface area contributed by atoms with Crippen molar-refractivity contribution in [1.29, 1.82) is 0 Å². The van der Waals surface area contributed by atoms with Gasteiger partial charge in [-0.1, -0.05) is 47.5 Å². The van der Waals surface area contributed by atoms with Crippen molar-refractivity contribution in [2.75, 3.05) is 9.80 Å². The second-order valence-corrected chi connectivity index (χ2v) is 10.3. The first-order valence-corrected chi connectivity index (χ1v) is 11.9. The Morgan fingerprint density at radius 1 is 0.588 bits per heavy atom. The number of benzene rings is 2. The van der Waals surface area contributed by atoms with Crippen molar-refractivity contribution < 1.29 is 19.2 Å². The van der Waals surface area contributed by atoms with E-state index in [0.29, 0.717) is 21.4 Å². The molecule has 172 valence electrons. The molecular formula is C26H20Cl2N2O4. The summed E-state index contributed by atoms with van der Waals surface area (Å²) in [5, 5.41) is 0.924. The molecule has 4 atom stereocenters. The Morgan fingerprint density at radius 2 is 0.912 bits per heavy atom.